The molecule has 1 N–H and O–H groups in total. The number of rotatable bonds is 4. The van der Waals surface area contributed by atoms with Crippen molar-refractivity contribution in [3.05, 3.63) is 47.1 Å². The highest BCUT2D eigenvalue weighted by Crippen LogP contribution is 2.26. The molecule has 0 atom stereocenters. The lowest BCUT2D eigenvalue weighted by molar-refractivity contribution is -0.123. The third-order valence-electron chi connectivity index (χ3n) is 2.57. The van der Waals surface area contributed by atoms with Crippen LogP contribution >= 0.6 is 0 Å². The fourth-order valence-corrected chi connectivity index (χ4v) is 1.71. The fourth-order valence-electron chi connectivity index (χ4n) is 1.71. The highest BCUT2D eigenvalue weighted by Gasteiger charge is 2.12. The van der Waals surface area contributed by atoms with Crippen LogP contribution in [0.25, 0.3) is 6.08 Å². The molecular formula is C14H11NO4. The molecule has 0 unspecified atom stereocenters. The van der Waals surface area contributed by atoms with Crippen molar-refractivity contribution in [2.45, 2.75) is 0 Å². The van der Waals surface area contributed by atoms with Gasteiger partial charge >= 0.3 is 0 Å². The molecule has 0 saturated heterocycles. The second-order valence-electron chi connectivity index (χ2n) is 3.85. The standard InChI is InChI=1S/C14H11NO4/c16-7-12(14(18)15-9-17)6-10-5-11-3-1-2-4-13(11)19-8-10/h1-7,9H,8H2,(H,15,17,18)/b12-6-. The van der Waals surface area contributed by atoms with Gasteiger partial charge in [0.05, 0.1) is 5.57 Å². The Labute approximate surface area is 109 Å². The first kappa shape index (κ1) is 12.8. The topological polar surface area (TPSA) is 72.5 Å². The maximum Gasteiger partial charge on any atom is 0.260 e. The van der Waals surface area contributed by atoms with Gasteiger partial charge in [0.15, 0.2) is 6.29 Å². The van der Waals surface area contributed by atoms with Crippen molar-refractivity contribution < 1.29 is 19.1 Å². The van der Waals surface area contributed by atoms with E-state index < -0.39 is 5.91 Å². The maximum absolute atomic E-state index is 11.4. The van der Waals surface area contributed by atoms with Gasteiger partial charge in [-0.05, 0) is 23.8 Å². The smallest absolute Gasteiger partial charge is 0.260 e. The van der Waals surface area contributed by atoms with Crippen LogP contribution in [0.4, 0.5) is 0 Å². The normalized spacial score (nSPS) is 13.7. The summed E-state index contributed by atoms with van der Waals surface area (Å²) in [6, 6.07) is 7.44. The van der Waals surface area contributed by atoms with Crippen LogP contribution in [0.1, 0.15) is 5.56 Å². The summed E-state index contributed by atoms with van der Waals surface area (Å²) >= 11 is 0. The molecule has 19 heavy (non-hydrogen) atoms. The molecule has 0 radical (unpaired) electrons. The average molecular weight is 257 g/mol. The first-order valence-corrected chi connectivity index (χ1v) is 5.58. The van der Waals surface area contributed by atoms with Crippen molar-refractivity contribution in [3.8, 4) is 5.75 Å². The van der Waals surface area contributed by atoms with E-state index in [0.29, 0.717) is 11.9 Å². The predicted octanol–water partition coefficient (Wildman–Crippen LogP) is 0.860. The lowest BCUT2D eigenvalue weighted by Gasteiger charge is -2.15. The fraction of sp³-hybridized carbons (Fsp3) is 0.0714. The Balaban J connectivity index is 2.28. The second kappa shape index (κ2) is 5.77. The van der Waals surface area contributed by atoms with Gasteiger partial charge in [-0.25, -0.2) is 0 Å². The molecule has 0 aliphatic carbocycles. The summed E-state index contributed by atoms with van der Waals surface area (Å²) in [6.07, 6.45) is 3.87. The number of carbonyl (C=O) groups is 3. The molecule has 2 rings (SSSR count). The zero-order valence-corrected chi connectivity index (χ0v) is 9.96. The van der Waals surface area contributed by atoms with Crippen LogP contribution in [-0.2, 0) is 14.4 Å². The minimum Gasteiger partial charge on any atom is -0.488 e. The largest absolute Gasteiger partial charge is 0.488 e. The van der Waals surface area contributed by atoms with Gasteiger partial charge in [-0.1, -0.05) is 18.2 Å². The molecule has 1 heterocycles. The van der Waals surface area contributed by atoms with Crippen molar-refractivity contribution in [1.29, 1.82) is 0 Å². The first-order valence-electron chi connectivity index (χ1n) is 5.58. The van der Waals surface area contributed by atoms with Crippen molar-refractivity contribution in [1.82, 2.24) is 5.32 Å². The summed E-state index contributed by atoms with van der Waals surface area (Å²) in [7, 11) is 0. The van der Waals surface area contributed by atoms with E-state index in [1.54, 1.807) is 0 Å². The lowest BCUT2D eigenvalue weighted by Crippen LogP contribution is -2.24. The van der Waals surface area contributed by atoms with Gasteiger partial charge in [0, 0.05) is 5.56 Å². The zero-order valence-electron chi connectivity index (χ0n) is 9.96. The van der Waals surface area contributed by atoms with Gasteiger partial charge in [-0.15, -0.1) is 0 Å². The van der Waals surface area contributed by atoms with Gasteiger partial charge < -0.3 is 4.74 Å². The van der Waals surface area contributed by atoms with E-state index >= 15 is 0 Å². The highest BCUT2D eigenvalue weighted by atomic mass is 16.5. The molecule has 1 aromatic rings. The molecule has 2 amide bonds. The Bertz CT molecular complexity index is 587. The molecule has 96 valence electrons. The molecule has 5 heteroatoms. The average Bonchev–Trinajstić information content (AvgIpc) is 2.44. The van der Waals surface area contributed by atoms with Crippen molar-refractivity contribution in [2.24, 2.45) is 0 Å². The molecule has 0 bridgehead atoms. The van der Waals surface area contributed by atoms with E-state index in [2.05, 4.69) is 0 Å². The summed E-state index contributed by atoms with van der Waals surface area (Å²) in [5, 5.41) is 1.92. The number of imide groups is 1. The van der Waals surface area contributed by atoms with E-state index in [1.165, 1.54) is 6.08 Å². The number of para-hydroxylation sites is 1. The van der Waals surface area contributed by atoms with E-state index in [-0.39, 0.29) is 18.6 Å². The van der Waals surface area contributed by atoms with Crippen LogP contribution in [0.5, 0.6) is 5.75 Å². The van der Waals surface area contributed by atoms with Gasteiger partial charge in [-0.2, -0.15) is 0 Å². The Morgan fingerprint density at radius 2 is 2.05 bits per heavy atom. The predicted molar refractivity (Wildman–Crippen MR) is 68.3 cm³/mol. The molecule has 0 saturated carbocycles. The number of hydrogen-bond acceptors (Lipinski definition) is 4. The van der Waals surface area contributed by atoms with E-state index in [4.69, 9.17) is 4.74 Å². The number of fused-ring (bicyclic) bond motifs is 1. The van der Waals surface area contributed by atoms with Crippen molar-refractivity contribution >= 4 is 24.7 Å². The molecule has 5 nitrogen and oxygen atoms in total. The molecular weight excluding hydrogens is 246 g/mol. The molecule has 1 aromatic carbocycles. The van der Waals surface area contributed by atoms with Gasteiger partial charge in [0.1, 0.15) is 12.4 Å². The van der Waals surface area contributed by atoms with Crippen molar-refractivity contribution in [3.63, 3.8) is 0 Å². The van der Waals surface area contributed by atoms with Gasteiger partial charge in [0.2, 0.25) is 6.41 Å². The SMILES string of the molecule is O=CNC(=O)/C(C=O)=C\C1=Cc2ccccc2OC1. The monoisotopic (exact) mass is 257 g/mol. The van der Waals surface area contributed by atoms with Crippen LogP contribution in [0.15, 0.2) is 41.5 Å². The molecule has 1 aliphatic rings. The summed E-state index contributed by atoms with van der Waals surface area (Å²) in [5.41, 5.74) is 1.43. The van der Waals surface area contributed by atoms with E-state index in [9.17, 15) is 14.4 Å². The van der Waals surface area contributed by atoms with E-state index in [0.717, 1.165) is 11.3 Å². The molecule has 0 fully saturated rings. The summed E-state index contributed by atoms with van der Waals surface area (Å²) in [6.45, 7) is 0.267. The number of ether oxygens (including phenoxy) is 1. The summed E-state index contributed by atoms with van der Waals surface area (Å²) in [5.74, 6) is 0.0226. The molecule has 1 aliphatic heterocycles. The van der Waals surface area contributed by atoms with Crippen molar-refractivity contribution in [2.75, 3.05) is 6.61 Å². The third kappa shape index (κ3) is 2.95. The number of nitrogens with one attached hydrogen (secondary N) is 1. The maximum atomic E-state index is 11.4. The Kier molecular flexibility index (Phi) is 3.87. The van der Waals surface area contributed by atoms with Crippen LogP contribution < -0.4 is 10.1 Å². The number of benzene rings is 1. The Morgan fingerprint density at radius 1 is 1.26 bits per heavy atom. The van der Waals surface area contributed by atoms with Crippen LogP contribution in [0, 0.1) is 0 Å². The number of carbonyl (C=O) groups excluding carboxylic acids is 3. The van der Waals surface area contributed by atoms with Crippen LogP contribution in [0.2, 0.25) is 0 Å². The first-order chi connectivity index (χ1) is 9.24. The zero-order chi connectivity index (χ0) is 13.7. The van der Waals surface area contributed by atoms with Crippen LogP contribution in [0.3, 0.4) is 0 Å². The minimum absolute atomic E-state index is 0.124. The summed E-state index contributed by atoms with van der Waals surface area (Å²) in [4.78, 5) is 32.4. The second-order valence-corrected chi connectivity index (χ2v) is 3.85. The van der Waals surface area contributed by atoms with E-state index in [1.807, 2.05) is 35.7 Å². The molecule has 0 spiro atoms. The molecule has 0 aromatic heterocycles. The number of amides is 2. The Morgan fingerprint density at radius 3 is 2.79 bits per heavy atom. The quantitative estimate of drug-likeness (QED) is 0.376. The minimum atomic E-state index is -0.732. The van der Waals surface area contributed by atoms with Gasteiger partial charge in [0.25, 0.3) is 5.91 Å². The number of aldehydes is 1. The third-order valence-corrected chi connectivity index (χ3v) is 2.57. The number of hydrogen-bond donors (Lipinski definition) is 1. The lowest BCUT2D eigenvalue weighted by atomic mass is 10.1. The van der Waals surface area contributed by atoms with Crippen LogP contribution in [-0.4, -0.2) is 25.2 Å². The van der Waals surface area contributed by atoms with Gasteiger partial charge in [-0.3, -0.25) is 19.7 Å². The Hall–Kier alpha value is -2.69. The summed E-state index contributed by atoms with van der Waals surface area (Å²) < 4.78 is 5.49. The highest BCUT2D eigenvalue weighted by molar-refractivity contribution is 6.13.